The van der Waals surface area contributed by atoms with Crippen LogP contribution in [0.25, 0.3) is 0 Å². The van der Waals surface area contributed by atoms with Crippen LogP contribution in [-0.2, 0) is 28.7 Å². The third-order valence-corrected chi connectivity index (χ3v) is 8.72. The molecule has 0 bridgehead atoms. The number of allylic oxidation sites excluding steroid dienone is 5. The number of aliphatic hydroxyl groups is 3. The molecule has 0 aromatic carbocycles. The highest BCUT2D eigenvalue weighted by atomic mass is 16.5. The first-order chi connectivity index (χ1) is 21.4. The zero-order valence-electron chi connectivity index (χ0n) is 28.5. The summed E-state index contributed by atoms with van der Waals surface area (Å²) < 4.78 is 10.2. The van der Waals surface area contributed by atoms with Gasteiger partial charge < -0.3 is 29.9 Å². The van der Waals surface area contributed by atoms with Crippen LogP contribution >= 0.6 is 0 Å². The Morgan fingerprint density at radius 1 is 0.935 bits per heavy atom. The molecule has 46 heavy (non-hydrogen) atoms. The molecule has 0 fully saturated rings. The van der Waals surface area contributed by atoms with Gasteiger partial charge in [-0.2, -0.15) is 0 Å². The van der Waals surface area contributed by atoms with Gasteiger partial charge in [0.25, 0.3) is 0 Å². The highest BCUT2D eigenvalue weighted by Crippen LogP contribution is 2.29. The van der Waals surface area contributed by atoms with E-state index in [1.54, 1.807) is 33.8 Å². The number of ketones is 1. The molecule has 4 unspecified atom stereocenters. The second-order valence-corrected chi connectivity index (χ2v) is 12.8. The molecule has 10 heteroatoms. The number of hydrogen-bond donors (Lipinski definition) is 4. The van der Waals surface area contributed by atoms with Crippen LogP contribution < -0.4 is 0 Å². The summed E-state index contributed by atoms with van der Waals surface area (Å²) >= 11 is 0. The van der Waals surface area contributed by atoms with Crippen LogP contribution in [0.4, 0.5) is 0 Å². The second kappa shape index (κ2) is 19.4. The minimum absolute atomic E-state index is 0.0434. The number of Topliss-reactive ketones (excluding diaryl/α,β-unsaturated/α-hetero) is 1. The van der Waals surface area contributed by atoms with Crippen molar-refractivity contribution in [2.24, 2.45) is 23.7 Å². The predicted octanol–water partition coefficient (Wildman–Crippen LogP) is 5.38. The molecular weight excluding hydrogens is 592 g/mol. The standard InChI is InChI=1S/C36H54O10/c1-10-28(12-14-33(41)42)17-22(4)16-21(3)15-20(2)11-13-29(37)25(7)31(39)18-30(38)23(5)26(8)45-34(43)19-32(40)35-24(6)27(9)46-36(35)44/h12,14,17,20-21,23,25-26,29-30,32,37-38,40H,4,9-11,13,15-16,18-19H2,1-3,5-8H3,(H,41,42)/b14-12+,28-17+/t20?,21-,23-,25+,26-,29?,30?,32?/m1/s1. The highest BCUT2D eigenvalue weighted by Gasteiger charge is 2.34. The first kappa shape index (κ1) is 40.7. The van der Waals surface area contributed by atoms with E-state index < -0.39 is 60.6 Å². The van der Waals surface area contributed by atoms with E-state index in [2.05, 4.69) is 27.0 Å². The number of carbonyl (C=O) groups excluding carboxylic acids is 3. The lowest BCUT2D eigenvalue weighted by atomic mass is 9.85. The third-order valence-electron chi connectivity index (χ3n) is 8.72. The third kappa shape index (κ3) is 13.6. The Morgan fingerprint density at radius 2 is 1.57 bits per heavy atom. The predicted molar refractivity (Wildman–Crippen MR) is 175 cm³/mol. The van der Waals surface area contributed by atoms with Gasteiger partial charge in [0.15, 0.2) is 0 Å². The van der Waals surface area contributed by atoms with E-state index in [4.69, 9.17) is 14.6 Å². The summed E-state index contributed by atoms with van der Waals surface area (Å²) in [6.45, 7) is 20.3. The maximum Gasteiger partial charge on any atom is 0.342 e. The molecule has 0 saturated carbocycles. The van der Waals surface area contributed by atoms with Crippen molar-refractivity contribution in [2.45, 2.75) is 118 Å². The summed E-state index contributed by atoms with van der Waals surface area (Å²) in [5, 5.41) is 40.6. The highest BCUT2D eigenvalue weighted by molar-refractivity contribution is 5.96. The lowest BCUT2D eigenvalue weighted by Gasteiger charge is -2.27. The van der Waals surface area contributed by atoms with Crippen LogP contribution in [0.1, 0.15) is 93.4 Å². The van der Waals surface area contributed by atoms with Crippen molar-refractivity contribution in [2.75, 3.05) is 0 Å². The largest absolute Gasteiger partial charge is 0.478 e. The number of carboxylic acids is 1. The number of hydrogen-bond acceptors (Lipinski definition) is 9. The van der Waals surface area contributed by atoms with Gasteiger partial charge in [0.05, 0.1) is 30.3 Å². The number of carboxylic acid groups (broad SMARTS) is 1. The summed E-state index contributed by atoms with van der Waals surface area (Å²) in [5.41, 5.74) is 2.15. The zero-order valence-corrected chi connectivity index (χ0v) is 28.5. The molecule has 0 aromatic heterocycles. The zero-order chi connectivity index (χ0) is 35.3. The topological polar surface area (TPSA) is 168 Å². The van der Waals surface area contributed by atoms with Crippen molar-refractivity contribution >= 4 is 23.7 Å². The van der Waals surface area contributed by atoms with Gasteiger partial charge in [-0.1, -0.05) is 65.5 Å². The van der Waals surface area contributed by atoms with E-state index in [0.717, 1.165) is 30.1 Å². The van der Waals surface area contributed by atoms with Gasteiger partial charge in [-0.05, 0) is 63.4 Å². The Labute approximate surface area is 273 Å². The molecule has 1 rings (SSSR count). The fraction of sp³-hybridized carbons (Fsp3) is 0.611. The van der Waals surface area contributed by atoms with Crippen LogP contribution in [0.3, 0.4) is 0 Å². The number of aliphatic carboxylic acids is 1. The minimum Gasteiger partial charge on any atom is -0.478 e. The Kier molecular flexibility index (Phi) is 17.1. The second-order valence-electron chi connectivity index (χ2n) is 12.8. The summed E-state index contributed by atoms with van der Waals surface area (Å²) in [6.07, 6.45) is 3.24. The molecule has 1 aliphatic heterocycles. The summed E-state index contributed by atoms with van der Waals surface area (Å²) in [5.74, 6) is -3.38. The Morgan fingerprint density at radius 3 is 2.11 bits per heavy atom. The van der Waals surface area contributed by atoms with E-state index in [1.807, 2.05) is 13.0 Å². The molecule has 0 aromatic rings. The lowest BCUT2D eigenvalue weighted by Crippen LogP contribution is -2.36. The monoisotopic (exact) mass is 646 g/mol. The Balaban J connectivity index is 2.52. The molecule has 1 heterocycles. The average molecular weight is 647 g/mol. The van der Waals surface area contributed by atoms with Gasteiger partial charge in [0, 0.05) is 29.9 Å². The fourth-order valence-corrected chi connectivity index (χ4v) is 5.47. The molecule has 1 aliphatic rings. The number of ether oxygens (including phenoxy) is 2. The van der Waals surface area contributed by atoms with Gasteiger partial charge in [0.1, 0.15) is 17.6 Å². The quantitative estimate of drug-likeness (QED) is 0.0722. The summed E-state index contributed by atoms with van der Waals surface area (Å²) in [4.78, 5) is 48.0. The minimum atomic E-state index is -1.42. The number of rotatable bonds is 21. The smallest absolute Gasteiger partial charge is 0.342 e. The number of carbonyl (C=O) groups is 4. The SMILES string of the molecule is C=C(/C=C(/C=C/C(=O)O)CC)C[C@H](C)CC(C)CCC(O)[C@H](C)C(=O)CC(O)[C@H](C)[C@@H](C)OC(=O)CC(O)C1=C(C)C(=C)OC1=O. The van der Waals surface area contributed by atoms with Gasteiger partial charge in [-0.15, -0.1) is 0 Å². The van der Waals surface area contributed by atoms with E-state index in [-0.39, 0.29) is 23.5 Å². The molecule has 10 nitrogen and oxygen atoms in total. The van der Waals surface area contributed by atoms with E-state index >= 15 is 0 Å². The average Bonchev–Trinajstić information content (AvgIpc) is 3.22. The summed E-state index contributed by atoms with van der Waals surface area (Å²) in [7, 11) is 0. The van der Waals surface area contributed by atoms with Crippen molar-refractivity contribution < 1.29 is 49.1 Å². The van der Waals surface area contributed by atoms with Crippen molar-refractivity contribution in [1.29, 1.82) is 0 Å². The molecule has 0 aliphatic carbocycles. The number of cyclic esters (lactones) is 1. The molecule has 4 N–H and O–H groups in total. The molecule has 0 radical (unpaired) electrons. The van der Waals surface area contributed by atoms with Crippen LogP contribution in [0.15, 0.2) is 59.4 Å². The molecular formula is C36H54O10. The Hall–Kier alpha value is -3.34. The Bertz CT molecular complexity index is 1210. The first-order valence-corrected chi connectivity index (χ1v) is 16.1. The van der Waals surface area contributed by atoms with Gasteiger partial charge >= 0.3 is 17.9 Å². The normalized spacial score (nSPS) is 19.2. The van der Waals surface area contributed by atoms with Crippen molar-refractivity contribution in [3.8, 4) is 0 Å². The van der Waals surface area contributed by atoms with Crippen LogP contribution in [0, 0.1) is 23.7 Å². The van der Waals surface area contributed by atoms with Crippen molar-refractivity contribution in [1.82, 2.24) is 0 Å². The number of aliphatic hydroxyl groups excluding tert-OH is 3. The lowest BCUT2D eigenvalue weighted by molar-refractivity contribution is -0.154. The van der Waals surface area contributed by atoms with Gasteiger partial charge in [-0.3, -0.25) is 9.59 Å². The fourth-order valence-electron chi connectivity index (χ4n) is 5.47. The van der Waals surface area contributed by atoms with Crippen LogP contribution in [0.2, 0.25) is 0 Å². The van der Waals surface area contributed by atoms with Crippen LogP contribution in [-0.4, -0.2) is 68.5 Å². The maximum absolute atomic E-state index is 12.9. The molecule has 0 saturated heterocycles. The number of esters is 2. The van der Waals surface area contributed by atoms with Gasteiger partial charge in [0.2, 0.25) is 0 Å². The van der Waals surface area contributed by atoms with E-state index in [9.17, 15) is 34.5 Å². The van der Waals surface area contributed by atoms with E-state index in [0.29, 0.717) is 36.7 Å². The van der Waals surface area contributed by atoms with E-state index in [1.165, 1.54) is 0 Å². The maximum atomic E-state index is 12.9. The first-order valence-electron chi connectivity index (χ1n) is 16.1. The summed E-state index contributed by atoms with van der Waals surface area (Å²) in [6, 6.07) is 0. The van der Waals surface area contributed by atoms with Crippen molar-refractivity contribution in [3.63, 3.8) is 0 Å². The molecule has 0 spiro atoms. The molecule has 258 valence electrons. The van der Waals surface area contributed by atoms with Gasteiger partial charge in [-0.25, -0.2) is 9.59 Å². The van der Waals surface area contributed by atoms with Crippen molar-refractivity contribution in [3.05, 3.63) is 59.4 Å². The van der Waals surface area contributed by atoms with Crippen LogP contribution in [0.5, 0.6) is 0 Å². The molecule has 8 atom stereocenters. The molecule has 0 amide bonds.